The van der Waals surface area contributed by atoms with Gasteiger partial charge in [-0.25, -0.2) is 0 Å². The number of carbonyl (C=O) groups excluding carboxylic acids is 2. The van der Waals surface area contributed by atoms with Crippen molar-refractivity contribution in [2.75, 3.05) is 11.9 Å². The molecule has 0 spiro atoms. The van der Waals surface area contributed by atoms with Gasteiger partial charge in [-0.3, -0.25) is 9.59 Å². The van der Waals surface area contributed by atoms with Gasteiger partial charge < -0.3 is 21.5 Å². The average molecular weight is 291 g/mol. The molecule has 0 aliphatic heterocycles. The number of nitrogens with two attached hydrogens (primary N) is 2. The van der Waals surface area contributed by atoms with E-state index >= 15 is 0 Å². The third-order valence-electron chi connectivity index (χ3n) is 3.62. The number of ether oxygens (including phenoxy) is 1. The van der Waals surface area contributed by atoms with Gasteiger partial charge in [0.05, 0.1) is 13.0 Å². The van der Waals surface area contributed by atoms with E-state index in [-0.39, 0.29) is 24.5 Å². The molecule has 0 bridgehead atoms. The van der Waals surface area contributed by atoms with Crippen LogP contribution in [0.3, 0.4) is 0 Å². The Morgan fingerprint density at radius 1 is 1.24 bits per heavy atom. The van der Waals surface area contributed by atoms with Crippen LogP contribution < -0.4 is 21.5 Å². The van der Waals surface area contributed by atoms with Gasteiger partial charge in [0.2, 0.25) is 11.8 Å². The summed E-state index contributed by atoms with van der Waals surface area (Å²) in [5, 5.41) is 2.82. The highest BCUT2D eigenvalue weighted by atomic mass is 16.5. The van der Waals surface area contributed by atoms with E-state index in [0.29, 0.717) is 17.9 Å². The summed E-state index contributed by atoms with van der Waals surface area (Å²) in [5.41, 5.74) is 11.4. The molecule has 0 atom stereocenters. The van der Waals surface area contributed by atoms with Crippen LogP contribution >= 0.6 is 0 Å². The number of anilines is 1. The number of carbonyl (C=O) groups is 2. The number of hydrogen-bond acceptors (Lipinski definition) is 4. The smallest absolute Gasteiger partial charge is 0.226 e. The second kappa shape index (κ2) is 6.58. The second-order valence-corrected chi connectivity index (χ2v) is 5.53. The molecular formula is C15H21N3O3. The van der Waals surface area contributed by atoms with Crippen molar-refractivity contribution in [3.8, 4) is 5.75 Å². The molecule has 1 aliphatic carbocycles. The third-order valence-corrected chi connectivity index (χ3v) is 3.62. The number of primary amides is 1. The maximum atomic E-state index is 11.9. The third kappa shape index (κ3) is 4.75. The van der Waals surface area contributed by atoms with Crippen LogP contribution in [0.4, 0.5) is 5.69 Å². The molecule has 21 heavy (non-hydrogen) atoms. The number of hydrogen-bond donors (Lipinski definition) is 3. The van der Waals surface area contributed by atoms with Crippen LogP contribution in [0.15, 0.2) is 24.3 Å². The summed E-state index contributed by atoms with van der Waals surface area (Å²) < 4.78 is 5.35. The van der Waals surface area contributed by atoms with E-state index in [2.05, 4.69) is 5.32 Å². The fourth-order valence-corrected chi connectivity index (χ4v) is 2.24. The van der Waals surface area contributed by atoms with E-state index in [1.54, 1.807) is 24.3 Å². The molecule has 0 heterocycles. The first kappa shape index (κ1) is 15.3. The van der Waals surface area contributed by atoms with E-state index in [9.17, 15) is 9.59 Å². The van der Waals surface area contributed by atoms with Crippen molar-refractivity contribution >= 4 is 17.5 Å². The van der Waals surface area contributed by atoms with E-state index < -0.39 is 5.91 Å². The maximum Gasteiger partial charge on any atom is 0.226 e. The van der Waals surface area contributed by atoms with Gasteiger partial charge >= 0.3 is 0 Å². The Morgan fingerprint density at radius 3 is 2.43 bits per heavy atom. The number of nitrogens with one attached hydrogen (secondary N) is 1. The molecule has 6 nitrogen and oxygen atoms in total. The first-order valence-electron chi connectivity index (χ1n) is 7.07. The maximum absolute atomic E-state index is 11.9. The SMILES string of the molecule is NC(=O)CCOc1ccc(NC(=O)CC2(N)CCC2)cc1. The summed E-state index contributed by atoms with van der Waals surface area (Å²) in [6, 6.07) is 6.97. The first-order valence-corrected chi connectivity index (χ1v) is 7.07. The summed E-state index contributed by atoms with van der Waals surface area (Å²) in [6.07, 6.45) is 3.45. The van der Waals surface area contributed by atoms with Gasteiger partial charge in [-0.2, -0.15) is 0 Å². The topological polar surface area (TPSA) is 107 Å². The zero-order valence-corrected chi connectivity index (χ0v) is 11.9. The Kier molecular flexibility index (Phi) is 4.80. The molecule has 0 aromatic heterocycles. The number of benzene rings is 1. The molecule has 1 fully saturated rings. The molecule has 114 valence electrons. The molecule has 1 aromatic rings. The molecule has 0 saturated heterocycles. The van der Waals surface area contributed by atoms with Gasteiger partial charge in [-0.15, -0.1) is 0 Å². The lowest BCUT2D eigenvalue weighted by Crippen LogP contribution is -2.48. The van der Waals surface area contributed by atoms with Gasteiger partial charge in [0.1, 0.15) is 5.75 Å². The summed E-state index contributed by atoms with van der Waals surface area (Å²) >= 11 is 0. The van der Waals surface area contributed by atoms with E-state index in [1.807, 2.05) is 0 Å². The van der Waals surface area contributed by atoms with E-state index in [4.69, 9.17) is 16.2 Å². The van der Waals surface area contributed by atoms with Gasteiger partial charge in [0.25, 0.3) is 0 Å². The zero-order chi connectivity index (χ0) is 15.3. The van der Waals surface area contributed by atoms with Gasteiger partial charge in [-0.05, 0) is 43.5 Å². The quantitative estimate of drug-likeness (QED) is 0.700. The van der Waals surface area contributed by atoms with Crippen molar-refractivity contribution in [1.29, 1.82) is 0 Å². The summed E-state index contributed by atoms with van der Waals surface area (Å²) in [7, 11) is 0. The van der Waals surface area contributed by atoms with Crippen LogP contribution in [0.25, 0.3) is 0 Å². The summed E-state index contributed by atoms with van der Waals surface area (Å²) in [5.74, 6) is 0.161. The van der Waals surface area contributed by atoms with Crippen LogP contribution in [-0.2, 0) is 9.59 Å². The average Bonchev–Trinajstić information content (AvgIpc) is 2.38. The fourth-order valence-electron chi connectivity index (χ4n) is 2.24. The highest BCUT2D eigenvalue weighted by molar-refractivity contribution is 5.91. The second-order valence-electron chi connectivity index (χ2n) is 5.53. The van der Waals surface area contributed by atoms with Gasteiger partial charge in [-0.1, -0.05) is 0 Å². The Morgan fingerprint density at radius 2 is 1.90 bits per heavy atom. The highest BCUT2D eigenvalue weighted by Gasteiger charge is 2.34. The van der Waals surface area contributed by atoms with Crippen LogP contribution in [0, 0.1) is 0 Å². The molecule has 1 aliphatic rings. The molecule has 6 heteroatoms. The van der Waals surface area contributed by atoms with Crippen molar-refractivity contribution < 1.29 is 14.3 Å². The minimum absolute atomic E-state index is 0.0698. The molecule has 1 saturated carbocycles. The van der Waals surface area contributed by atoms with Gasteiger partial charge in [0, 0.05) is 17.6 Å². The monoisotopic (exact) mass is 291 g/mol. The van der Waals surface area contributed by atoms with Crippen LogP contribution in [0.1, 0.15) is 32.1 Å². The minimum Gasteiger partial charge on any atom is -0.493 e. The van der Waals surface area contributed by atoms with Crippen LogP contribution in [0.2, 0.25) is 0 Å². The lowest BCUT2D eigenvalue weighted by atomic mass is 9.75. The molecule has 2 amide bonds. The number of amides is 2. The Hall–Kier alpha value is -2.08. The Balaban J connectivity index is 1.78. The fraction of sp³-hybridized carbons (Fsp3) is 0.467. The van der Waals surface area contributed by atoms with Crippen molar-refractivity contribution in [2.24, 2.45) is 11.5 Å². The predicted octanol–water partition coefficient (Wildman–Crippen LogP) is 1.15. The zero-order valence-electron chi connectivity index (χ0n) is 11.9. The highest BCUT2D eigenvalue weighted by Crippen LogP contribution is 2.32. The molecule has 0 radical (unpaired) electrons. The normalized spacial score (nSPS) is 15.9. The van der Waals surface area contributed by atoms with Crippen LogP contribution in [0.5, 0.6) is 5.75 Å². The molecule has 2 rings (SSSR count). The predicted molar refractivity (Wildman–Crippen MR) is 79.8 cm³/mol. The largest absolute Gasteiger partial charge is 0.493 e. The molecule has 0 unspecified atom stereocenters. The minimum atomic E-state index is -0.398. The summed E-state index contributed by atoms with van der Waals surface area (Å²) in [6.45, 7) is 0.247. The standard InChI is InChI=1S/C15H21N3O3/c16-13(19)6-9-21-12-4-2-11(3-5-12)18-14(20)10-15(17)7-1-8-15/h2-5H,1,6-10,17H2,(H2,16,19)(H,18,20). The van der Waals surface area contributed by atoms with Crippen LogP contribution in [-0.4, -0.2) is 24.0 Å². The van der Waals surface area contributed by atoms with Crippen molar-refractivity contribution in [2.45, 2.75) is 37.6 Å². The van der Waals surface area contributed by atoms with Crippen molar-refractivity contribution in [3.05, 3.63) is 24.3 Å². The number of rotatable bonds is 7. The lowest BCUT2D eigenvalue weighted by Gasteiger charge is -2.37. The summed E-state index contributed by atoms with van der Waals surface area (Å²) in [4.78, 5) is 22.5. The molecule has 1 aromatic carbocycles. The Bertz CT molecular complexity index is 509. The van der Waals surface area contributed by atoms with E-state index in [1.165, 1.54) is 0 Å². The lowest BCUT2D eigenvalue weighted by molar-refractivity contribution is -0.119. The van der Waals surface area contributed by atoms with Gasteiger partial charge in [0.15, 0.2) is 0 Å². The van der Waals surface area contributed by atoms with E-state index in [0.717, 1.165) is 19.3 Å². The van der Waals surface area contributed by atoms with Crippen molar-refractivity contribution in [3.63, 3.8) is 0 Å². The first-order chi connectivity index (χ1) is 9.97. The molecular weight excluding hydrogens is 270 g/mol. The molecule has 5 N–H and O–H groups in total. The Labute approximate surface area is 123 Å². The van der Waals surface area contributed by atoms with Crippen molar-refractivity contribution in [1.82, 2.24) is 0 Å².